The molecule has 3 N–H and O–H groups in total. The summed E-state index contributed by atoms with van der Waals surface area (Å²) in [6.45, 7) is 1.05. The third-order valence-electron chi connectivity index (χ3n) is 8.31. The van der Waals surface area contributed by atoms with Crippen molar-refractivity contribution in [3.63, 3.8) is 0 Å². The van der Waals surface area contributed by atoms with Gasteiger partial charge in [0.15, 0.2) is 0 Å². The van der Waals surface area contributed by atoms with Crippen molar-refractivity contribution in [2.45, 2.75) is 45.1 Å². The van der Waals surface area contributed by atoms with Crippen LogP contribution in [0, 0.1) is 23.2 Å². The van der Waals surface area contributed by atoms with Crippen molar-refractivity contribution in [1.29, 1.82) is 0 Å². The molecule has 0 aliphatic heterocycles. The van der Waals surface area contributed by atoms with Gasteiger partial charge in [-0.15, -0.1) is 0 Å². The number of amides is 2. The number of nitrogen functional groups attached to an aromatic ring is 1. The second kappa shape index (κ2) is 8.36. The molecule has 0 saturated heterocycles. The summed E-state index contributed by atoms with van der Waals surface area (Å²) in [5, 5.41) is 3.24. The Bertz CT molecular complexity index is 1260. The maximum absolute atomic E-state index is 13.3. The molecule has 4 saturated carbocycles. The Morgan fingerprint density at radius 2 is 1.74 bits per heavy atom. The standard InChI is InChI=1S/C27H32N6O2/c1-32(14-20-4-2-6-23(28)30-20)26(35)21-15-33-22(5-3-7-24(33)31-21)25(34)29-16-27-11-17-8-18(12-27)10-19(9-17)13-27/h2-7,15,17-19H,8-14,16H2,1H3,(H2,28,30)(H,29,34). The number of anilines is 1. The number of nitrogens with one attached hydrogen (secondary N) is 1. The molecule has 8 nitrogen and oxygen atoms in total. The smallest absolute Gasteiger partial charge is 0.274 e. The molecule has 3 heterocycles. The van der Waals surface area contributed by atoms with Crippen LogP contribution in [0.5, 0.6) is 0 Å². The van der Waals surface area contributed by atoms with Gasteiger partial charge in [0.25, 0.3) is 11.8 Å². The molecule has 0 atom stereocenters. The number of aromatic nitrogens is 3. The Balaban J connectivity index is 1.17. The fraction of sp³-hybridized carbons (Fsp3) is 0.481. The first-order valence-electron chi connectivity index (χ1n) is 12.6. The number of pyridine rings is 2. The first kappa shape index (κ1) is 22.1. The van der Waals surface area contributed by atoms with Gasteiger partial charge in [-0.25, -0.2) is 9.97 Å². The van der Waals surface area contributed by atoms with Crippen LogP contribution in [0.3, 0.4) is 0 Å². The van der Waals surface area contributed by atoms with Gasteiger partial charge in [-0.1, -0.05) is 12.1 Å². The van der Waals surface area contributed by atoms with Gasteiger partial charge < -0.3 is 16.0 Å². The van der Waals surface area contributed by atoms with E-state index in [0.717, 1.165) is 24.3 Å². The average molecular weight is 473 g/mol. The summed E-state index contributed by atoms with van der Waals surface area (Å²) in [7, 11) is 1.70. The van der Waals surface area contributed by atoms with Gasteiger partial charge in [-0.05, 0) is 86.0 Å². The Morgan fingerprint density at radius 1 is 1.06 bits per heavy atom. The molecule has 7 rings (SSSR count). The van der Waals surface area contributed by atoms with E-state index in [1.54, 1.807) is 34.7 Å². The van der Waals surface area contributed by atoms with Crippen LogP contribution in [-0.4, -0.2) is 44.7 Å². The predicted molar refractivity (Wildman–Crippen MR) is 133 cm³/mol. The van der Waals surface area contributed by atoms with Crippen molar-refractivity contribution in [2.75, 3.05) is 19.3 Å². The highest BCUT2D eigenvalue weighted by Gasteiger charge is 2.50. The van der Waals surface area contributed by atoms with Gasteiger partial charge >= 0.3 is 0 Å². The van der Waals surface area contributed by atoms with E-state index in [1.807, 2.05) is 24.3 Å². The molecule has 4 aliphatic carbocycles. The summed E-state index contributed by atoms with van der Waals surface area (Å²) in [6, 6.07) is 10.8. The van der Waals surface area contributed by atoms with Gasteiger partial charge in [0, 0.05) is 19.8 Å². The van der Waals surface area contributed by atoms with Crippen LogP contribution in [-0.2, 0) is 6.54 Å². The molecule has 0 unspecified atom stereocenters. The van der Waals surface area contributed by atoms with Gasteiger partial charge in [-0.2, -0.15) is 0 Å². The molecule has 4 aliphatic rings. The lowest BCUT2D eigenvalue weighted by molar-refractivity contribution is -0.0503. The second-order valence-corrected chi connectivity index (χ2v) is 11.1. The van der Waals surface area contributed by atoms with Crippen molar-refractivity contribution in [3.05, 3.63) is 59.7 Å². The monoisotopic (exact) mass is 472 g/mol. The number of nitrogens with zero attached hydrogens (tertiary/aromatic N) is 4. The molecule has 0 radical (unpaired) electrons. The van der Waals surface area contributed by atoms with E-state index in [4.69, 9.17) is 5.73 Å². The number of imidazole rings is 1. The number of fused-ring (bicyclic) bond motifs is 1. The number of nitrogens with two attached hydrogens (primary N) is 1. The normalized spacial score (nSPS) is 26.7. The van der Waals surface area contributed by atoms with Gasteiger partial charge in [0.05, 0.1) is 12.2 Å². The molecule has 0 spiro atoms. The van der Waals surface area contributed by atoms with Crippen LogP contribution in [0.25, 0.3) is 5.65 Å². The van der Waals surface area contributed by atoms with E-state index in [9.17, 15) is 9.59 Å². The van der Waals surface area contributed by atoms with Gasteiger partial charge in [-0.3, -0.25) is 14.0 Å². The number of hydrogen-bond acceptors (Lipinski definition) is 5. The molecular formula is C27H32N6O2. The Labute approximate surface area is 204 Å². The fourth-order valence-corrected chi connectivity index (χ4v) is 7.26. The van der Waals surface area contributed by atoms with E-state index in [2.05, 4.69) is 15.3 Å². The lowest BCUT2D eigenvalue weighted by atomic mass is 9.49. The fourth-order valence-electron chi connectivity index (χ4n) is 7.26. The predicted octanol–water partition coefficient (Wildman–Crippen LogP) is 3.53. The molecule has 0 aromatic carbocycles. The number of carbonyl (C=O) groups excluding carboxylic acids is 2. The third-order valence-corrected chi connectivity index (χ3v) is 8.31. The van der Waals surface area contributed by atoms with E-state index < -0.39 is 0 Å². The van der Waals surface area contributed by atoms with Crippen molar-refractivity contribution in [2.24, 2.45) is 23.2 Å². The van der Waals surface area contributed by atoms with E-state index in [-0.39, 0.29) is 22.9 Å². The maximum atomic E-state index is 13.3. The number of rotatable bonds is 6. The first-order valence-corrected chi connectivity index (χ1v) is 12.6. The third kappa shape index (κ3) is 4.15. The molecule has 3 aromatic rings. The van der Waals surface area contributed by atoms with Crippen molar-refractivity contribution < 1.29 is 9.59 Å². The van der Waals surface area contributed by atoms with Crippen LogP contribution in [0.2, 0.25) is 0 Å². The van der Waals surface area contributed by atoms with Crippen LogP contribution >= 0.6 is 0 Å². The summed E-state index contributed by atoms with van der Waals surface area (Å²) in [6.07, 6.45) is 9.58. The summed E-state index contributed by atoms with van der Waals surface area (Å²) in [5.41, 5.74) is 8.09. The largest absolute Gasteiger partial charge is 0.384 e. The van der Waals surface area contributed by atoms with Crippen LogP contribution in [0.1, 0.15) is 65.2 Å². The zero-order valence-corrected chi connectivity index (χ0v) is 20.1. The Morgan fingerprint density at radius 3 is 2.43 bits per heavy atom. The molecule has 4 fully saturated rings. The van der Waals surface area contributed by atoms with Gasteiger partial charge in [0.2, 0.25) is 0 Å². The first-order chi connectivity index (χ1) is 16.9. The van der Waals surface area contributed by atoms with Gasteiger partial charge in [0.1, 0.15) is 22.9 Å². The van der Waals surface area contributed by atoms with Crippen molar-refractivity contribution in [3.8, 4) is 0 Å². The minimum atomic E-state index is -0.238. The highest BCUT2D eigenvalue weighted by molar-refractivity contribution is 5.95. The Hall–Kier alpha value is -3.42. The van der Waals surface area contributed by atoms with E-state index in [0.29, 0.717) is 29.4 Å². The van der Waals surface area contributed by atoms with Crippen LogP contribution < -0.4 is 11.1 Å². The Kier molecular flexibility index (Phi) is 5.27. The summed E-state index contributed by atoms with van der Waals surface area (Å²) in [5.74, 6) is 2.62. The number of carbonyl (C=O) groups is 2. The molecule has 2 amide bonds. The zero-order valence-electron chi connectivity index (χ0n) is 20.1. The SMILES string of the molecule is CN(Cc1cccc(N)n1)C(=O)c1cn2c(C(=O)NCC34CC5CC(CC(C5)C3)C4)cccc2n1. The minimum Gasteiger partial charge on any atom is -0.384 e. The molecule has 182 valence electrons. The van der Waals surface area contributed by atoms with E-state index in [1.165, 1.54) is 38.5 Å². The molecule has 8 heteroatoms. The lowest BCUT2D eigenvalue weighted by Crippen LogP contribution is -2.51. The summed E-state index contributed by atoms with van der Waals surface area (Å²) >= 11 is 0. The highest BCUT2D eigenvalue weighted by atomic mass is 16.2. The molecule has 35 heavy (non-hydrogen) atoms. The minimum absolute atomic E-state index is 0.111. The average Bonchev–Trinajstić information content (AvgIpc) is 3.26. The summed E-state index contributed by atoms with van der Waals surface area (Å²) < 4.78 is 1.72. The highest BCUT2D eigenvalue weighted by Crippen LogP contribution is 2.59. The van der Waals surface area contributed by atoms with Crippen molar-refractivity contribution >= 4 is 23.3 Å². The number of hydrogen-bond donors (Lipinski definition) is 2. The zero-order chi connectivity index (χ0) is 24.2. The molecular weight excluding hydrogens is 440 g/mol. The topological polar surface area (TPSA) is 106 Å². The second-order valence-electron chi connectivity index (χ2n) is 11.1. The van der Waals surface area contributed by atoms with E-state index >= 15 is 0 Å². The van der Waals surface area contributed by atoms with Crippen molar-refractivity contribution in [1.82, 2.24) is 24.6 Å². The molecule has 3 aromatic heterocycles. The van der Waals surface area contributed by atoms with Crippen LogP contribution in [0.4, 0.5) is 5.82 Å². The lowest BCUT2D eigenvalue weighted by Gasteiger charge is -2.56. The molecule has 4 bridgehead atoms. The maximum Gasteiger partial charge on any atom is 0.274 e. The summed E-state index contributed by atoms with van der Waals surface area (Å²) in [4.78, 5) is 36.6. The van der Waals surface area contributed by atoms with Crippen LogP contribution in [0.15, 0.2) is 42.6 Å². The quantitative estimate of drug-likeness (QED) is 0.571.